The molecule has 0 heterocycles. The summed E-state index contributed by atoms with van der Waals surface area (Å²) in [5, 5.41) is 2.99. The van der Waals surface area contributed by atoms with Crippen LogP contribution in [0, 0.1) is 11.3 Å². The first-order valence-corrected chi connectivity index (χ1v) is 7.22. The summed E-state index contributed by atoms with van der Waals surface area (Å²) in [4.78, 5) is 12.0. The van der Waals surface area contributed by atoms with Gasteiger partial charge in [0.05, 0.1) is 5.56 Å². The number of carbonyl (C=O) groups excluding carboxylic acids is 1. The summed E-state index contributed by atoms with van der Waals surface area (Å²) >= 11 is 6.77. The molecule has 1 N–H and O–H groups in total. The topological polar surface area (TPSA) is 29.1 Å². The van der Waals surface area contributed by atoms with Gasteiger partial charge in [-0.1, -0.05) is 29.8 Å². The van der Waals surface area contributed by atoms with Crippen LogP contribution >= 0.6 is 31.9 Å². The molecule has 0 radical (unpaired) electrons. The minimum atomic E-state index is -0.0131. The smallest absolute Gasteiger partial charge is 0.252 e. The van der Waals surface area contributed by atoms with Gasteiger partial charge in [-0.15, -0.1) is 0 Å². The first-order valence-electron chi connectivity index (χ1n) is 5.63. The van der Waals surface area contributed by atoms with Gasteiger partial charge in [0.25, 0.3) is 5.91 Å². The van der Waals surface area contributed by atoms with E-state index in [0.717, 1.165) is 15.5 Å². The van der Waals surface area contributed by atoms with Crippen molar-refractivity contribution in [3.8, 4) is 0 Å². The van der Waals surface area contributed by atoms with Crippen LogP contribution in [0.3, 0.4) is 0 Å². The van der Waals surface area contributed by atoms with Crippen molar-refractivity contribution in [3.63, 3.8) is 0 Å². The maximum atomic E-state index is 12.0. The molecule has 0 aromatic heterocycles. The van der Waals surface area contributed by atoms with E-state index in [1.807, 2.05) is 18.2 Å². The molecule has 1 aromatic carbocycles. The van der Waals surface area contributed by atoms with Crippen molar-refractivity contribution in [1.82, 2.24) is 5.32 Å². The van der Waals surface area contributed by atoms with Crippen molar-refractivity contribution < 1.29 is 4.79 Å². The Morgan fingerprint density at radius 3 is 2.71 bits per heavy atom. The van der Waals surface area contributed by atoms with Crippen LogP contribution in [0.25, 0.3) is 0 Å². The van der Waals surface area contributed by atoms with Gasteiger partial charge in [-0.2, -0.15) is 0 Å². The van der Waals surface area contributed by atoms with Gasteiger partial charge in [0.2, 0.25) is 0 Å². The van der Waals surface area contributed by atoms with Gasteiger partial charge < -0.3 is 5.32 Å². The SMILES string of the molecule is CC1(C)CC1CNC(=O)c1cc(Br)ccc1Br. The average molecular weight is 361 g/mol. The van der Waals surface area contributed by atoms with Crippen LogP contribution in [0.1, 0.15) is 30.6 Å². The maximum absolute atomic E-state index is 12.0. The van der Waals surface area contributed by atoms with E-state index in [1.165, 1.54) is 6.42 Å². The molecule has 1 atom stereocenters. The van der Waals surface area contributed by atoms with Crippen LogP contribution in [0.15, 0.2) is 27.1 Å². The van der Waals surface area contributed by atoms with Crippen molar-refractivity contribution in [2.75, 3.05) is 6.54 Å². The Morgan fingerprint density at radius 1 is 1.47 bits per heavy atom. The molecule has 92 valence electrons. The molecular formula is C13H15Br2NO. The van der Waals surface area contributed by atoms with Gasteiger partial charge in [-0.3, -0.25) is 4.79 Å². The lowest BCUT2D eigenvalue weighted by Crippen LogP contribution is -2.26. The van der Waals surface area contributed by atoms with E-state index in [0.29, 0.717) is 16.9 Å². The number of benzene rings is 1. The fourth-order valence-corrected chi connectivity index (χ4v) is 2.69. The van der Waals surface area contributed by atoms with Gasteiger partial charge >= 0.3 is 0 Å². The highest BCUT2D eigenvalue weighted by Crippen LogP contribution is 2.51. The Labute approximate surface area is 118 Å². The molecule has 0 spiro atoms. The first-order chi connectivity index (χ1) is 7.90. The lowest BCUT2D eigenvalue weighted by molar-refractivity contribution is 0.0950. The Kier molecular flexibility index (Phi) is 3.64. The van der Waals surface area contributed by atoms with Crippen LogP contribution in [0.5, 0.6) is 0 Å². The molecule has 0 saturated heterocycles. The number of hydrogen-bond acceptors (Lipinski definition) is 1. The molecule has 1 aliphatic carbocycles. The predicted molar refractivity (Wildman–Crippen MR) is 76.1 cm³/mol. The van der Waals surface area contributed by atoms with Gasteiger partial charge in [-0.25, -0.2) is 0 Å². The third-order valence-corrected chi connectivity index (χ3v) is 4.58. The average Bonchev–Trinajstić information content (AvgIpc) is 2.87. The number of nitrogens with one attached hydrogen (secondary N) is 1. The van der Waals surface area contributed by atoms with Gasteiger partial charge in [-0.05, 0) is 51.9 Å². The molecule has 0 aliphatic heterocycles. The maximum Gasteiger partial charge on any atom is 0.252 e. The second-order valence-corrected chi connectivity index (χ2v) is 6.99. The molecule has 1 amide bonds. The molecule has 1 aromatic rings. The van der Waals surface area contributed by atoms with E-state index >= 15 is 0 Å². The fourth-order valence-electron chi connectivity index (χ4n) is 1.91. The van der Waals surface area contributed by atoms with E-state index < -0.39 is 0 Å². The second kappa shape index (κ2) is 4.73. The zero-order valence-electron chi connectivity index (χ0n) is 9.89. The van der Waals surface area contributed by atoms with E-state index in [-0.39, 0.29) is 5.91 Å². The Morgan fingerprint density at radius 2 is 2.12 bits per heavy atom. The Bertz CT molecular complexity index is 457. The largest absolute Gasteiger partial charge is 0.352 e. The molecule has 4 heteroatoms. The molecule has 1 fully saturated rings. The van der Waals surface area contributed by atoms with Crippen molar-refractivity contribution in [2.45, 2.75) is 20.3 Å². The summed E-state index contributed by atoms with van der Waals surface area (Å²) in [6.45, 7) is 5.24. The minimum absolute atomic E-state index is 0.0131. The van der Waals surface area contributed by atoms with Gasteiger partial charge in [0.15, 0.2) is 0 Å². The lowest BCUT2D eigenvalue weighted by atomic mass is 10.1. The van der Waals surface area contributed by atoms with Crippen LogP contribution in [0.4, 0.5) is 0 Å². The lowest BCUT2D eigenvalue weighted by Gasteiger charge is -2.08. The second-order valence-electron chi connectivity index (χ2n) is 5.22. The Balaban J connectivity index is 1.98. The van der Waals surface area contributed by atoms with Crippen molar-refractivity contribution in [1.29, 1.82) is 0 Å². The van der Waals surface area contributed by atoms with Gasteiger partial charge in [0, 0.05) is 15.5 Å². The van der Waals surface area contributed by atoms with Crippen LogP contribution < -0.4 is 5.32 Å². The molecule has 1 unspecified atom stereocenters. The Hall–Kier alpha value is -0.350. The highest BCUT2D eigenvalue weighted by Gasteiger charge is 2.45. The first kappa shape index (κ1) is 13.1. The van der Waals surface area contributed by atoms with E-state index in [9.17, 15) is 4.79 Å². The molecule has 2 rings (SSSR count). The molecule has 2 nitrogen and oxygen atoms in total. The molecular weight excluding hydrogens is 346 g/mol. The number of halogens is 2. The number of rotatable bonds is 3. The van der Waals surface area contributed by atoms with Crippen molar-refractivity contribution in [2.24, 2.45) is 11.3 Å². The molecule has 0 bridgehead atoms. The summed E-state index contributed by atoms with van der Waals surface area (Å²) in [7, 11) is 0. The quantitative estimate of drug-likeness (QED) is 0.867. The third kappa shape index (κ3) is 3.10. The van der Waals surface area contributed by atoms with Crippen LogP contribution in [-0.4, -0.2) is 12.5 Å². The third-order valence-electron chi connectivity index (χ3n) is 3.40. The number of hydrogen-bond donors (Lipinski definition) is 1. The van der Waals surface area contributed by atoms with Gasteiger partial charge in [0.1, 0.15) is 0 Å². The normalized spacial score (nSPS) is 21.1. The highest BCUT2D eigenvalue weighted by molar-refractivity contribution is 9.11. The van der Waals surface area contributed by atoms with Crippen LogP contribution in [0.2, 0.25) is 0 Å². The molecule has 1 saturated carbocycles. The summed E-state index contributed by atoms with van der Waals surface area (Å²) < 4.78 is 1.74. The van der Waals surface area contributed by atoms with E-state index in [1.54, 1.807) is 0 Å². The zero-order chi connectivity index (χ0) is 12.6. The molecule has 17 heavy (non-hydrogen) atoms. The standard InChI is InChI=1S/C13H15Br2NO/c1-13(2)6-8(13)7-16-12(17)10-5-9(14)3-4-11(10)15/h3-5,8H,6-7H2,1-2H3,(H,16,17). The summed E-state index contributed by atoms with van der Waals surface area (Å²) in [5.74, 6) is 0.609. The fraction of sp³-hybridized carbons (Fsp3) is 0.462. The summed E-state index contributed by atoms with van der Waals surface area (Å²) in [6, 6.07) is 5.61. The summed E-state index contributed by atoms with van der Waals surface area (Å²) in [5.41, 5.74) is 1.08. The molecule has 1 aliphatic rings. The van der Waals surface area contributed by atoms with Crippen LogP contribution in [-0.2, 0) is 0 Å². The van der Waals surface area contributed by atoms with Crippen molar-refractivity contribution >= 4 is 37.8 Å². The van der Waals surface area contributed by atoms with E-state index in [2.05, 4.69) is 51.0 Å². The zero-order valence-corrected chi connectivity index (χ0v) is 13.1. The monoisotopic (exact) mass is 359 g/mol. The highest BCUT2D eigenvalue weighted by atomic mass is 79.9. The number of carbonyl (C=O) groups is 1. The van der Waals surface area contributed by atoms with E-state index in [4.69, 9.17) is 0 Å². The minimum Gasteiger partial charge on any atom is -0.352 e. The van der Waals surface area contributed by atoms with Crippen molar-refractivity contribution in [3.05, 3.63) is 32.7 Å². The predicted octanol–water partition coefficient (Wildman–Crippen LogP) is 3.99. The summed E-state index contributed by atoms with van der Waals surface area (Å²) in [6.07, 6.45) is 1.20. The number of amides is 1.